The van der Waals surface area contributed by atoms with Crippen molar-refractivity contribution in [3.05, 3.63) is 23.4 Å². The van der Waals surface area contributed by atoms with Crippen LogP contribution in [0, 0.1) is 6.92 Å². The van der Waals surface area contributed by atoms with Crippen molar-refractivity contribution in [3.63, 3.8) is 0 Å². The summed E-state index contributed by atoms with van der Waals surface area (Å²) in [5.41, 5.74) is 7.26. The summed E-state index contributed by atoms with van der Waals surface area (Å²) in [5, 5.41) is 11.9. The molecule has 1 rings (SSSR count). The van der Waals surface area contributed by atoms with Crippen molar-refractivity contribution in [1.29, 1.82) is 0 Å². The average Bonchev–Trinajstić information content (AvgIpc) is 2.38. The lowest BCUT2D eigenvalue weighted by atomic mass is 10.2. The third-order valence-corrected chi connectivity index (χ3v) is 2.86. The number of rotatable bonds is 6. The van der Waals surface area contributed by atoms with Gasteiger partial charge in [0.2, 0.25) is 0 Å². The van der Waals surface area contributed by atoms with E-state index in [0.717, 1.165) is 24.5 Å². The average molecular weight is 250 g/mol. The molecule has 1 aromatic heterocycles. The van der Waals surface area contributed by atoms with Gasteiger partial charge in [0.15, 0.2) is 5.84 Å². The second kappa shape index (κ2) is 6.83. The van der Waals surface area contributed by atoms with Crippen molar-refractivity contribution in [2.24, 2.45) is 10.9 Å². The standard InChI is InChI=1S/C13H22N4O/c1-4-5-6-9-17(3)13-11(12(14)16-18)8-7-10(2)15-13/h7-8,18H,4-6,9H2,1-3H3,(H2,14,16). The first kappa shape index (κ1) is 14.3. The van der Waals surface area contributed by atoms with Crippen LogP contribution in [0.4, 0.5) is 5.82 Å². The van der Waals surface area contributed by atoms with Crippen LogP contribution < -0.4 is 10.6 Å². The summed E-state index contributed by atoms with van der Waals surface area (Å²) in [6, 6.07) is 3.69. The first-order valence-electron chi connectivity index (χ1n) is 6.26. The molecule has 0 aliphatic heterocycles. The summed E-state index contributed by atoms with van der Waals surface area (Å²) in [6.07, 6.45) is 3.48. The number of unbranched alkanes of at least 4 members (excludes halogenated alkanes) is 2. The van der Waals surface area contributed by atoms with Gasteiger partial charge in [-0.15, -0.1) is 0 Å². The quantitative estimate of drug-likeness (QED) is 0.266. The van der Waals surface area contributed by atoms with Gasteiger partial charge in [-0.25, -0.2) is 4.98 Å². The SMILES string of the molecule is CCCCCN(C)c1nc(C)ccc1C(N)=NO. The normalized spacial score (nSPS) is 11.6. The van der Waals surface area contributed by atoms with Crippen molar-refractivity contribution in [2.75, 3.05) is 18.5 Å². The molecule has 0 aliphatic carbocycles. The van der Waals surface area contributed by atoms with Gasteiger partial charge in [0.05, 0.1) is 5.56 Å². The summed E-state index contributed by atoms with van der Waals surface area (Å²) in [7, 11) is 1.98. The molecule has 0 saturated carbocycles. The highest BCUT2D eigenvalue weighted by Gasteiger charge is 2.12. The number of nitrogens with zero attached hydrogens (tertiary/aromatic N) is 3. The minimum Gasteiger partial charge on any atom is -0.409 e. The number of anilines is 1. The van der Waals surface area contributed by atoms with E-state index in [2.05, 4.69) is 22.0 Å². The molecule has 0 spiro atoms. The molecule has 5 nitrogen and oxygen atoms in total. The molecular formula is C13H22N4O. The minimum absolute atomic E-state index is 0.0971. The van der Waals surface area contributed by atoms with Crippen LogP contribution in [0.25, 0.3) is 0 Å². The molecule has 0 aliphatic rings. The van der Waals surface area contributed by atoms with Crippen molar-refractivity contribution < 1.29 is 5.21 Å². The summed E-state index contributed by atoms with van der Waals surface area (Å²) < 4.78 is 0. The van der Waals surface area contributed by atoms with Crippen molar-refractivity contribution in [2.45, 2.75) is 33.1 Å². The summed E-state index contributed by atoms with van der Waals surface area (Å²) in [4.78, 5) is 6.53. The highest BCUT2D eigenvalue weighted by Crippen LogP contribution is 2.17. The van der Waals surface area contributed by atoms with Crippen LogP contribution in [-0.4, -0.2) is 29.6 Å². The lowest BCUT2D eigenvalue weighted by molar-refractivity contribution is 0.318. The Bertz CT molecular complexity index is 417. The molecule has 5 heteroatoms. The van der Waals surface area contributed by atoms with E-state index in [9.17, 15) is 0 Å². The molecule has 0 amide bonds. The van der Waals surface area contributed by atoms with Crippen molar-refractivity contribution in [3.8, 4) is 0 Å². The fourth-order valence-electron chi connectivity index (χ4n) is 1.79. The number of aryl methyl sites for hydroxylation is 1. The summed E-state index contributed by atoms with van der Waals surface area (Å²) >= 11 is 0. The number of oxime groups is 1. The van der Waals surface area contributed by atoms with Crippen LogP contribution in [0.2, 0.25) is 0 Å². The molecule has 0 fully saturated rings. The van der Waals surface area contributed by atoms with Gasteiger partial charge in [0.1, 0.15) is 5.82 Å². The van der Waals surface area contributed by atoms with Crippen LogP contribution >= 0.6 is 0 Å². The number of aromatic nitrogens is 1. The minimum atomic E-state index is 0.0971. The van der Waals surface area contributed by atoms with Crippen LogP contribution in [0.5, 0.6) is 0 Å². The monoisotopic (exact) mass is 250 g/mol. The maximum absolute atomic E-state index is 8.79. The van der Waals surface area contributed by atoms with Crippen LogP contribution in [-0.2, 0) is 0 Å². The van der Waals surface area contributed by atoms with Gasteiger partial charge in [-0.1, -0.05) is 24.9 Å². The van der Waals surface area contributed by atoms with Gasteiger partial charge in [-0.3, -0.25) is 0 Å². The Morgan fingerprint density at radius 1 is 1.44 bits per heavy atom. The predicted molar refractivity (Wildman–Crippen MR) is 74.3 cm³/mol. The molecule has 0 bridgehead atoms. The van der Waals surface area contributed by atoms with Crippen LogP contribution in [0.1, 0.15) is 37.4 Å². The lowest BCUT2D eigenvalue weighted by Gasteiger charge is -2.21. The highest BCUT2D eigenvalue weighted by atomic mass is 16.4. The third kappa shape index (κ3) is 3.61. The molecule has 0 unspecified atom stereocenters. The molecule has 1 aromatic rings. The van der Waals surface area contributed by atoms with E-state index in [1.165, 1.54) is 12.8 Å². The van der Waals surface area contributed by atoms with E-state index in [-0.39, 0.29) is 5.84 Å². The number of hydrogen-bond acceptors (Lipinski definition) is 4. The summed E-state index contributed by atoms with van der Waals surface area (Å²) in [5.74, 6) is 0.862. The molecule has 3 N–H and O–H groups in total. The van der Waals surface area contributed by atoms with Crippen molar-refractivity contribution >= 4 is 11.7 Å². The van der Waals surface area contributed by atoms with E-state index >= 15 is 0 Å². The molecular weight excluding hydrogens is 228 g/mol. The van der Waals surface area contributed by atoms with E-state index in [1.807, 2.05) is 26.1 Å². The molecule has 0 radical (unpaired) electrons. The van der Waals surface area contributed by atoms with Crippen LogP contribution in [0.3, 0.4) is 0 Å². The molecule has 0 atom stereocenters. The topological polar surface area (TPSA) is 74.7 Å². The smallest absolute Gasteiger partial charge is 0.173 e. The third-order valence-electron chi connectivity index (χ3n) is 2.86. The number of hydrogen-bond donors (Lipinski definition) is 2. The van der Waals surface area contributed by atoms with Crippen molar-refractivity contribution in [1.82, 2.24) is 4.98 Å². The van der Waals surface area contributed by atoms with Gasteiger partial charge in [-0.2, -0.15) is 0 Å². The first-order chi connectivity index (χ1) is 8.60. The van der Waals surface area contributed by atoms with E-state index in [1.54, 1.807) is 0 Å². The molecule has 0 aromatic carbocycles. The Morgan fingerprint density at radius 2 is 2.17 bits per heavy atom. The zero-order valence-corrected chi connectivity index (χ0v) is 11.3. The fourth-order valence-corrected chi connectivity index (χ4v) is 1.79. The van der Waals surface area contributed by atoms with Gasteiger partial charge in [0, 0.05) is 19.3 Å². The molecule has 1 heterocycles. The number of nitrogens with two attached hydrogens (primary N) is 1. The fraction of sp³-hybridized carbons (Fsp3) is 0.538. The highest BCUT2D eigenvalue weighted by molar-refractivity contribution is 6.01. The molecule has 18 heavy (non-hydrogen) atoms. The van der Waals surface area contributed by atoms with Gasteiger partial charge >= 0.3 is 0 Å². The predicted octanol–water partition coefficient (Wildman–Crippen LogP) is 2.11. The maximum atomic E-state index is 8.79. The maximum Gasteiger partial charge on any atom is 0.173 e. The zero-order valence-electron chi connectivity index (χ0n) is 11.3. The second-order valence-corrected chi connectivity index (χ2v) is 4.44. The second-order valence-electron chi connectivity index (χ2n) is 4.44. The Balaban J connectivity index is 2.94. The first-order valence-corrected chi connectivity index (χ1v) is 6.26. The Kier molecular flexibility index (Phi) is 5.42. The molecule has 100 valence electrons. The summed E-state index contributed by atoms with van der Waals surface area (Å²) in [6.45, 7) is 5.02. The van der Waals surface area contributed by atoms with E-state index < -0.39 is 0 Å². The Hall–Kier alpha value is -1.78. The van der Waals surface area contributed by atoms with Gasteiger partial charge in [0.25, 0.3) is 0 Å². The Labute approximate surface area is 108 Å². The van der Waals surface area contributed by atoms with Gasteiger partial charge in [-0.05, 0) is 25.5 Å². The van der Waals surface area contributed by atoms with Crippen LogP contribution in [0.15, 0.2) is 17.3 Å². The Morgan fingerprint density at radius 3 is 2.78 bits per heavy atom. The largest absolute Gasteiger partial charge is 0.409 e. The number of amidine groups is 1. The molecule has 0 saturated heterocycles. The van der Waals surface area contributed by atoms with E-state index in [0.29, 0.717) is 5.56 Å². The van der Waals surface area contributed by atoms with Gasteiger partial charge < -0.3 is 15.8 Å². The lowest BCUT2D eigenvalue weighted by Crippen LogP contribution is -2.25. The zero-order chi connectivity index (χ0) is 13.5. The van der Waals surface area contributed by atoms with E-state index in [4.69, 9.17) is 10.9 Å². The number of pyridine rings is 1.